The van der Waals surface area contributed by atoms with E-state index in [1.165, 1.54) is 0 Å². The number of nitrogens with zero attached hydrogens (tertiary/aromatic N) is 1. The number of oxazole rings is 1. The summed E-state index contributed by atoms with van der Waals surface area (Å²) in [5.41, 5.74) is 2.54. The number of para-hydroxylation sites is 2. The van der Waals surface area contributed by atoms with Crippen molar-refractivity contribution in [2.45, 2.75) is 27.7 Å². The van der Waals surface area contributed by atoms with Crippen LogP contribution in [-0.2, 0) is 0 Å². The molecule has 1 aromatic carbocycles. The van der Waals surface area contributed by atoms with Crippen LogP contribution in [0.3, 0.4) is 0 Å². The fraction of sp³-hybridized carbons (Fsp3) is 0.533. The van der Waals surface area contributed by atoms with E-state index in [-0.39, 0.29) is 0 Å². The van der Waals surface area contributed by atoms with Crippen LogP contribution < -0.4 is 5.32 Å². The van der Waals surface area contributed by atoms with E-state index in [9.17, 15) is 0 Å². The molecule has 0 atom stereocenters. The number of nitrogens with one attached hydrogen (secondary N) is 1. The minimum atomic E-state index is 0.395. The molecule has 0 amide bonds. The molecule has 18 heavy (non-hydrogen) atoms. The Morgan fingerprint density at radius 1 is 1.17 bits per heavy atom. The monoisotopic (exact) mass is 244 g/mol. The molecular weight excluding hydrogens is 224 g/mol. The second-order valence-electron chi connectivity index (χ2n) is 6.36. The molecule has 0 saturated heterocycles. The Hall–Kier alpha value is -1.51. The Labute approximate surface area is 108 Å². The van der Waals surface area contributed by atoms with Gasteiger partial charge in [0.2, 0.25) is 0 Å². The zero-order chi connectivity index (χ0) is 13.0. The van der Waals surface area contributed by atoms with Gasteiger partial charge in [-0.3, -0.25) is 0 Å². The molecular formula is C15H20N2O. The highest BCUT2D eigenvalue weighted by atomic mass is 16.4. The van der Waals surface area contributed by atoms with Crippen molar-refractivity contribution in [3.8, 4) is 0 Å². The number of hydrogen-bond acceptors (Lipinski definition) is 3. The maximum Gasteiger partial charge on any atom is 0.295 e. The van der Waals surface area contributed by atoms with Gasteiger partial charge < -0.3 is 9.73 Å². The van der Waals surface area contributed by atoms with E-state index in [4.69, 9.17) is 4.42 Å². The molecule has 0 bridgehead atoms. The summed E-state index contributed by atoms with van der Waals surface area (Å²) in [4.78, 5) is 4.43. The van der Waals surface area contributed by atoms with Crippen molar-refractivity contribution >= 4 is 17.1 Å². The molecule has 1 saturated carbocycles. The van der Waals surface area contributed by atoms with Crippen LogP contribution in [0.5, 0.6) is 0 Å². The molecule has 3 heteroatoms. The third-order valence-corrected chi connectivity index (χ3v) is 5.07. The maximum absolute atomic E-state index is 5.66. The zero-order valence-electron chi connectivity index (χ0n) is 11.4. The highest BCUT2D eigenvalue weighted by Crippen LogP contribution is 2.68. The lowest BCUT2D eigenvalue weighted by Crippen LogP contribution is -2.08. The first-order valence-corrected chi connectivity index (χ1v) is 6.52. The van der Waals surface area contributed by atoms with Crippen molar-refractivity contribution < 1.29 is 4.42 Å². The zero-order valence-corrected chi connectivity index (χ0v) is 11.4. The van der Waals surface area contributed by atoms with Crippen molar-refractivity contribution in [1.29, 1.82) is 0 Å². The Kier molecular flexibility index (Phi) is 2.25. The second kappa shape index (κ2) is 3.50. The van der Waals surface area contributed by atoms with Crippen LogP contribution in [0.25, 0.3) is 11.1 Å². The first-order chi connectivity index (χ1) is 8.43. The van der Waals surface area contributed by atoms with Crippen LogP contribution in [0.2, 0.25) is 0 Å². The van der Waals surface area contributed by atoms with Gasteiger partial charge in [-0.05, 0) is 28.9 Å². The van der Waals surface area contributed by atoms with E-state index < -0.39 is 0 Å². The molecule has 0 spiro atoms. The molecule has 2 aromatic rings. The number of anilines is 1. The summed E-state index contributed by atoms with van der Waals surface area (Å²) in [6.45, 7) is 10.2. The fourth-order valence-corrected chi connectivity index (χ4v) is 2.98. The van der Waals surface area contributed by atoms with E-state index in [0.717, 1.165) is 17.6 Å². The summed E-state index contributed by atoms with van der Waals surface area (Å²) in [5.74, 6) is 0.667. The smallest absolute Gasteiger partial charge is 0.295 e. The summed E-state index contributed by atoms with van der Waals surface area (Å²) in [7, 11) is 0. The van der Waals surface area contributed by atoms with Crippen molar-refractivity contribution in [3.63, 3.8) is 0 Å². The predicted molar refractivity (Wildman–Crippen MR) is 73.6 cm³/mol. The van der Waals surface area contributed by atoms with Crippen molar-refractivity contribution in [1.82, 2.24) is 4.98 Å². The quantitative estimate of drug-likeness (QED) is 0.889. The van der Waals surface area contributed by atoms with Gasteiger partial charge in [0.05, 0.1) is 0 Å². The summed E-state index contributed by atoms with van der Waals surface area (Å²) in [5, 5.41) is 3.33. The number of benzene rings is 1. The van der Waals surface area contributed by atoms with Crippen LogP contribution in [0.1, 0.15) is 27.7 Å². The van der Waals surface area contributed by atoms with Gasteiger partial charge in [-0.2, -0.15) is 4.98 Å². The topological polar surface area (TPSA) is 38.1 Å². The molecule has 0 aliphatic heterocycles. The van der Waals surface area contributed by atoms with Gasteiger partial charge in [0.1, 0.15) is 5.52 Å². The van der Waals surface area contributed by atoms with Gasteiger partial charge in [-0.15, -0.1) is 0 Å². The van der Waals surface area contributed by atoms with E-state index >= 15 is 0 Å². The van der Waals surface area contributed by atoms with Crippen LogP contribution >= 0.6 is 0 Å². The summed E-state index contributed by atoms with van der Waals surface area (Å²) >= 11 is 0. The molecule has 1 aliphatic rings. The minimum Gasteiger partial charge on any atom is -0.424 e. The maximum atomic E-state index is 5.66. The Balaban J connectivity index is 1.71. The Morgan fingerprint density at radius 2 is 1.83 bits per heavy atom. The van der Waals surface area contributed by atoms with Crippen LogP contribution in [0.15, 0.2) is 28.7 Å². The van der Waals surface area contributed by atoms with Gasteiger partial charge >= 0.3 is 0 Å². The predicted octanol–water partition coefficient (Wildman–Crippen LogP) is 3.92. The highest BCUT2D eigenvalue weighted by Gasteiger charge is 2.64. The highest BCUT2D eigenvalue weighted by molar-refractivity contribution is 5.74. The van der Waals surface area contributed by atoms with Crippen molar-refractivity contribution in [2.75, 3.05) is 11.9 Å². The third-order valence-electron chi connectivity index (χ3n) is 5.07. The lowest BCUT2D eigenvalue weighted by Gasteiger charge is -2.04. The SMILES string of the molecule is CC1(C)C(CNc2nc3ccccc3o2)C1(C)C. The molecule has 3 nitrogen and oxygen atoms in total. The van der Waals surface area contributed by atoms with Crippen molar-refractivity contribution in [3.05, 3.63) is 24.3 Å². The Morgan fingerprint density at radius 3 is 2.44 bits per heavy atom. The first-order valence-electron chi connectivity index (χ1n) is 6.52. The molecule has 96 valence electrons. The number of hydrogen-bond donors (Lipinski definition) is 1. The van der Waals surface area contributed by atoms with Crippen LogP contribution in [0, 0.1) is 16.7 Å². The van der Waals surface area contributed by atoms with Gasteiger partial charge in [0.25, 0.3) is 6.01 Å². The average Bonchev–Trinajstić information content (AvgIpc) is 2.66. The average molecular weight is 244 g/mol. The molecule has 3 rings (SSSR count). The lowest BCUT2D eigenvalue weighted by atomic mass is 10.0. The minimum absolute atomic E-state index is 0.395. The summed E-state index contributed by atoms with van der Waals surface area (Å²) in [6, 6.07) is 8.48. The molecule has 1 aromatic heterocycles. The molecule has 0 unspecified atom stereocenters. The lowest BCUT2D eigenvalue weighted by molar-refractivity contribution is 0.457. The normalized spacial score (nSPS) is 21.1. The largest absolute Gasteiger partial charge is 0.424 e. The Bertz CT molecular complexity index is 536. The van der Waals surface area contributed by atoms with Gasteiger partial charge in [0, 0.05) is 6.54 Å². The van der Waals surface area contributed by atoms with Gasteiger partial charge in [-0.1, -0.05) is 39.8 Å². The van der Waals surface area contributed by atoms with E-state index in [1.807, 2.05) is 24.3 Å². The van der Waals surface area contributed by atoms with E-state index in [0.29, 0.717) is 22.8 Å². The third kappa shape index (κ3) is 1.53. The molecule has 0 radical (unpaired) electrons. The molecule has 1 N–H and O–H groups in total. The van der Waals surface area contributed by atoms with Crippen molar-refractivity contribution in [2.24, 2.45) is 16.7 Å². The summed E-state index contributed by atoms with van der Waals surface area (Å²) < 4.78 is 5.66. The molecule has 1 fully saturated rings. The van der Waals surface area contributed by atoms with Gasteiger partial charge in [-0.25, -0.2) is 0 Å². The van der Waals surface area contributed by atoms with Crippen LogP contribution in [0.4, 0.5) is 6.01 Å². The summed E-state index contributed by atoms with van der Waals surface area (Å²) in [6.07, 6.45) is 0. The standard InChI is InChI=1S/C15H20N2O/c1-14(2)12(15(14,3)4)9-16-13-17-10-7-5-6-8-11(10)18-13/h5-8,12H,9H2,1-4H3,(H,16,17). The second-order valence-corrected chi connectivity index (χ2v) is 6.36. The number of fused-ring (bicyclic) bond motifs is 1. The number of rotatable bonds is 3. The van der Waals surface area contributed by atoms with Crippen LogP contribution in [-0.4, -0.2) is 11.5 Å². The van der Waals surface area contributed by atoms with E-state index in [2.05, 4.69) is 38.0 Å². The first kappa shape index (κ1) is 11.6. The fourth-order valence-electron chi connectivity index (χ4n) is 2.98. The number of aromatic nitrogens is 1. The van der Waals surface area contributed by atoms with E-state index in [1.54, 1.807) is 0 Å². The van der Waals surface area contributed by atoms with Gasteiger partial charge in [0.15, 0.2) is 5.58 Å². The molecule has 1 aliphatic carbocycles. The molecule has 1 heterocycles.